The van der Waals surface area contributed by atoms with Gasteiger partial charge in [-0.2, -0.15) is 0 Å². The number of rotatable bonds is 4. The Balaban J connectivity index is 1.87. The zero-order chi connectivity index (χ0) is 13.9. The average Bonchev–Trinajstić information content (AvgIpc) is 2.85. The zero-order valence-electron chi connectivity index (χ0n) is 11.2. The zero-order valence-corrected chi connectivity index (χ0v) is 11.2. The minimum absolute atomic E-state index is 0.230. The van der Waals surface area contributed by atoms with E-state index in [4.69, 9.17) is 0 Å². The van der Waals surface area contributed by atoms with E-state index in [1.165, 1.54) is 23.1 Å². The van der Waals surface area contributed by atoms with Gasteiger partial charge in [-0.05, 0) is 49.0 Å². The van der Waals surface area contributed by atoms with Crippen molar-refractivity contribution in [3.05, 3.63) is 60.0 Å². The number of H-pyrrole nitrogens is 1. The fourth-order valence-corrected chi connectivity index (χ4v) is 2.30. The van der Waals surface area contributed by atoms with E-state index in [1.54, 1.807) is 12.1 Å². The number of halogens is 1. The van der Waals surface area contributed by atoms with Gasteiger partial charge in [0, 0.05) is 35.0 Å². The quantitative estimate of drug-likeness (QED) is 0.674. The highest BCUT2D eigenvalue weighted by molar-refractivity contribution is 5.86. The molecule has 0 fully saturated rings. The molecule has 0 aliphatic carbocycles. The lowest BCUT2D eigenvalue weighted by molar-refractivity contribution is 0.628. The van der Waals surface area contributed by atoms with Crippen LogP contribution in [0.4, 0.5) is 15.8 Å². The Morgan fingerprint density at radius 3 is 2.55 bits per heavy atom. The molecule has 0 aliphatic rings. The van der Waals surface area contributed by atoms with Crippen LogP contribution in [0.25, 0.3) is 10.9 Å². The van der Waals surface area contributed by atoms with Gasteiger partial charge >= 0.3 is 0 Å². The molecule has 0 saturated carbocycles. The van der Waals surface area contributed by atoms with Gasteiger partial charge in [0.05, 0.1) is 0 Å². The third-order valence-corrected chi connectivity index (χ3v) is 3.27. The molecular formula is C16H16FN3. The minimum Gasteiger partial charge on any atom is -0.361 e. The van der Waals surface area contributed by atoms with Crippen LogP contribution in [0.5, 0.6) is 0 Å². The monoisotopic (exact) mass is 269 g/mol. The number of hydrogen-bond donors (Lipinski definition) is 3. The number of anilines is 2. The molecule has 0 unspecified atom stereocenters. The Labute approximate surface area is 116 Å². The topological polar surface area (TPSA) is 39.9 Å². The highest BCUT2D eigenvalue weighted by Gasteiger charge is 2.04. The predicted molar refractivity (Wildman–Crippen MR) is 80.7 cm³/mol. The molecule has 0 bridgehead atoms. The third kappa shape index (κ3) is 2.51. The summed E-state index contributed by atoms with van der Waals surface area (Å²) in [6.07, 6.45) is 2.02. The normalized spacial score (nSPS) is 10.9. The van der Waals surface area contributed by atoms with Crippen LogP contribution in [0, 0.1) is 5.82 Å². The van der Waals surface area contributed by atoms with Crippen molar-refractivity contribution in [3.63, 3.8) is 0 Å². The molecule has 0 atom stereocenters. The summed E-state index contributed by atoms with van der Waals surface area (Å²) in [6.45, 7) is 0.838. The number of aromatic amines is 1. The van der Waals surface area contributed by atoms with Gasteiger partial charge in [0.2, 0.25) is 0 Å². The van der Waals surface area contributed by atoms with Crippen molar-refractivity contribution in [1.82, 2.24) is 10.3 Å². The fourth-order valence-electron chi connectivity index (χ4n) is 2.30. The maximum absolute atomic E-state index is 12.9. The van der Waals surface area contributed by atoms with Crippen LogP contribution < -0.4 is 10.6 Å². The summed E-state index contributed by atoms with van der Waals surface area (Å²) >= 11 is 0. The van der Waals surface area contributed by atoms with E-state index in [0.717, 1.165) is 23.4 Å². The number of benzene rings is 2. The van der Waals surface area contributed by atoms with Gasteiger partial charge in [0.1, 0.15) is 5.82 Å². The second kappa shape index (κ2) is 5.35. The molecule has 1 heterocycles. The highest BCUT2D eigenvalue weighted by Crippen LogP contribution is 2.24. The molecule has 2 aromatic carbocycles. The Morgan fingerprint density at radius 1 is 1.05 bits per heavy atom. The van der Waals surface area contributed by atoms with E-state index in [2.05, 4.69) is 27.8 Å². The molecule has 0 saturated heterocycles. The molecule has 3 aromatic rings. The number of fused-ring (bicyclic) bond motifs is 1. The molecule has 3 nitrogen and oxygen atoms in total. The second-order valence-electron chi connectivity index (χ2n) is 4.74. The van der Waals surface area contributed by atoms with E-state index >= 15 is 0 Å². The van der Waals surface area contributed by atoms with Crippen molar-refractivity contribution in [2.75, 3.05) is 12.4 Å². The van der Waals surface area contributed by atoms with Crippen molar-refractivity contribution in [2.24, 2.45) is 0 Å². The van der Waals surface area contributed by atoms with Crippen LogP contribution in [0.3, 0.4) is 0 Å². The summed E-state index contributed by atoms with van der Waals surface area (Å²) in [4.78, 5) is 3.27. The summed E-state index contributed by atoms with van der Waals surface area (Å²) in [6, 6.07) is 12.5. The molecule has 102 valence electrons. The molecule has 4 heteroatoms. The predicted octanol–water partition coefficient (Wildman–Crippen LogP) is 3.77. The van der Waals surface area contributed by atoms with Crippen molar-refractivity contribution in [3.8, 4) is 0 Å². The Bertz CT molecular complexity index is 716. The summed E-state index contributed by atoms with van der Waals surface area (Å²) < 4.78 is 12.9. The first-order valence-electron chi connectivity index (χ1n) is 6.53. The van der Waals surface area contributed by atoms with Crippen molar-refractivity contribution < 1.29 is 4.39 Å². The molecule has 3 rings (SSSR count). The van der Waals surface area contributed by atoms with Gasteiger partial charge in [0.15, 0.2) is 0 Å². The van der Waals surface area contributed by atoms with Crippen LogP contribution in [-0.2, 0) is 6.54 Å². The summed E-state index contributed by atoms with van der Waals surface area (Å²) in [5.74, 6) is -0.230. The lowest BCUT2D eigenvalue weighted by Crippen LogP contribution is -2.03. The lowest BCUT2D eigenvalue weighted by Gasteiger charge is -2.06. The molecular weight excluding hydrogens is 253 g/mol. The van der Waals surface area contributed by atoms with Crippen LogP contribution in [0.1, 0.15) is 5.56 Å². The fraction of sp³-hybridized carbons (Fsp3) is 0.125. The van der Waals surface area contributed by atoms with Crippen molar-refractivity contribution in [1.29, 1.82) is 0 Å². The average molecular weight is 269 g/mol. The van der Waals surface area contributed by atoms with Crippen LogP contribution in [0.15, 0.2) is 48.7 Å². The van der Waals surface area contributed by atoms with E-state index in [0.29, 0.717) is 0 Å². The standard InChI is InChI=1S/C16H16FN3/c1-18-9-11-10-19-16-8-14(6-7-15(11)16)20-13-4-2-12(17)3-5-13/h2-8,10,18-20H,9H2,1H3. The number of hydrogen-bond acceptors (Lipinski definition) is 2. The first kappa shape index (κ1) is 12.7. The van der Waals surface area contributed by atoms with Crippen LogP contribution in [0.2, 0.25) is 0 Å². The second-order valence-corrected chi connectivity index (χ2v) is 4.74. The maximum atomic E-state index is 12.9. The third-order valence-electron chi connectivity index (χ3n) is 3.27. The van der Waals surface area contributed by atoms with E-state index in [1.807, 2.05) is 19.3 Å². The highest BCUT2D eigenvalue weighted by atomic mass is 19.1. The summed E-state index contributed by atoms with van der Waals surface area (Å²) in [7, 11) is 1.93. The van der Waals surface area contributed by atoms with Gasteiger partial charge in [-0.15, -0.1) is 0 Å². The Hall–Kier alpha value is -2.33. The molecule has 0 amide bonds. The van der Waals surface area contributed by atoms with Gasteiger partial charge in [-0.1, -0.05) is 6.07 Å². The molecule has 3 N–H and O–H groups in total. The molecule has 0 aliphatic heterocycles. The van der Waals surface area contributed by atoms with Gasteiger partial charge in [0.25, 0.3) is 0 Å². The molecule has 0 spiro atoms. The Morgan fingerprint density at radius 2 is 1.80 bits per heavy atom. The lowest BCUT2D eigenvalue weighted by atomic mass is 10.1. The molecule has 0 radical (unpaired) electrons. The summed E-state index contributed by atoms with van der Waals surface area (Å²) in [5, 5.41) is 7.63. The van der Waals surface area contributed by atoms with E-state index in [9.17, 15) is 4.39 Å². The van der Waals surface area contributed by atoms with E-state index in [-0.39, 0.29) is 5.82 Å². The largest absolute Gasteiger partial charge is 0.361 e. The molecule has 1 aromatic heterocycles. The SMILES string of the molecule is CNCc1c[nH]c2cc(Nc3ccc(F)cc3)ccc12. The van der Waals surface area contributed by atoms with Crippen molar-refractivity contribution in [2.45, 2.75) is 6.54 Å². The van der Waals surface area contributed by atoms with Gasteiger partial charge in [-0.25, -0.2) is 4.39 Å². The maximum Gasteiger partial charge on any atom is 0.123 e. The van der Waals surface area contributed by atoms with Gasteiger partial charge < -0.3 is 15.6 Å². The van der Waals surface area contributed by atoms with Gasteiger partial charge in [-0.3, -0.25) is 0 Å². The van der Waals surface area contributed by atoms with Crippen LogP contribution in [-0.4, -0.2) is 12.0 Å². The summed E-state index contributed by atoms with van der Waals surface area (Å²) in [5.41, 5.74) is 4.17. The number of aromatic nitrogens is 1. The number of nitrogens with one attached hydrogen (secondary N) is 3. The van der Waals surface area contributed by atoms with E-state index < -0.39 is 0 Å². The van der Waals surface area contributed by atoms with Crippen molar-refractivity contribution >= 4 is 22.3 Å². The first-order chi connectivity index (χ1) is 9.76. The Kier molecular flexibility index (Phi) is 3.39. The van der Waals surface area contributed by atoms with Crippen LogP contribution >= 0.6 is 0 Å². The minimum atomic E-state index is -0.230. The first-order valence-corrected chi connectivity index (χ1v) is 6.53. The molecule has 20 heavy (non-hydrogen) atoms. The smallest absolute Gasteiger partial charge is 0.123 e.